The Hall–Kier alpha value is -2.10. The Kier molecular flexibility index (Phi) is 4.93. The van der Waals surface area contributed by atoms with Crippen LogP contribution < -0.4 is 11.1 Å². The molecule has 0 saturated carbocycles. The van der Waals surface area contributed by atoms with E-state index in [4.69, 9.17) is 5.73 Å². The zero-order valence-electron chi connectivity index (χ0n) is 11.1. The van der Waals surface area contributed by atoms with Crippen molar-refractivity contribution in [1.82, 2.24) is 15.3 Å². The Morgan fingerprint density at radius 3 is 3.10 bits per heavy atom. The lowest BCUT2D eigenvalue weighted by Crippen LogP contribution is -2.28. The Balaban J connectivity index is 2.05. The van der Waals surface area contributed by atoms with Gasteiger partial charge in [-0.25, -0.2) is 4.98 Å². The molecule has 0 spiro atoms. The van der Waals surface area contributed by atoms with Crippen LogP contribution in [0.2, 0.25) is 0 Å². The summed E-state index contributed by atoms with van der Waals surface area (Å²) in [7, 11) is 0. The number of amides is 1. The van der Waals surface area contributed by atoms with Crippen molar-refractivity contribution in [2.24, 2.45) is 5.73 Å². The molecular weight excluding hydrogens is 272 g/mol. The fourth-order valence-electron chi connectivity index (χ4n) is 1.73. The number of nitrogens with two attached hydrogens (primary N) is 1. The quantitative estimate of drug-likeness (QED) is 0.748. The number of nitrogens with one attached hydrogen (secondary N) is 2. The molecule has 1 unspecified atom stereocenters. The van der Waals surface area contributed by atoms with E-state index in [1.54, 1.807) is 18.5 Å². The fourth-order valence-corrected chi connectivity index (χ4v) is 2.51. The molecule has 6 heteroatoms. The van der Waals surface area contributed by atoms with Gasteiger partial charge in [-0.1, -0.05) is 18.8 Å². The zero-order valence-corrected chi connectivity index (χ0v) is 12.0. The van der Waals surface area contributed by atoms with Crippen LogP contribution in [0.25, 0.3) is 0 Å². The molecule has 2 aromatic heterocycles. The summed E-state index contributed by atoms with van der Waals surface area (Å²) in [5, 5.41) is 2.96. The van der Waals surface area contributed by atoms with E-state index in [1.807, 2.05) is 13.0 Å². The second kappa shape index (κ2) is 6.89. The lowest BCUT2D eigenvalue weighted by Gasteiger charge is -2.13. The third kappa shape index (κ3) is 3.47. The summed E-state index contributed by atoms with van der Waals surface area (Å²) < 4.78 is 0. The molecule has 1 atom stereocenters. The maximum atomic E-state index is 12.2. The molecule has 20 heavy (non-hydrogen) atoms. The highest BCUT2D eigenvalue weighted by molar-refractivity contribution is 7.14. The number of aromatic amines is 1. The normalized spacial score (nSPS) is 11.5. The molecule has 104 valence electrons. The molecule has 5 nitrogen and oxygen atoms in total. The van der Waals surface area contributed by atoms with Crippen molar-refractivity contribution in [3.8, 4) is 11.8 Å². The van der Waals surface area contributed by atoms with Crippen LogP contribution in [0.15, 0.2) is 24.5 Å². The number of imidazole rings is 1. The van der Waals surface area contributed by atoms with Crippen LogP contribution in [0.5, 0.6) is 0 Å². The number of rotatable bonds is 4. The molecular formula is C14H16N4OS. The van der Waals surface area contributed by atoms with E-state index >= 15 is 0 Å². The largest absolute Gasteiger partial charge is 0.347 e. The number of aromatic nitrogens is 2. The molecule has 0 aliphatic carbocycles. The minimum absolute atomic E-state index is 0.112. The first-order valence-corrected chi connectivity index (χ1v) is 7.15. The first kappa shape index (κ1) is 14.3. The maximum Gasteiger partial charge on any atom is 0.261 e. The summed E-state index contributed by atoms with van der Waals surface area (Å²) in [5.74, 6) is 6.34. The van der Waals surface area contributed by atoms with Crippen molar-refractivity contribution in [3.63, 3.8) is 0 Å². The first-order chi connectivity index (χ1) is 9.74. The maximum absolute atomic E-state index is 12.2. The van der Waals surface area contributed by atoms with Crippen LogP contribution in [0.1, 0.15) is 39.8 Å². The van der Waals surface area contributed by atoms with Gasteiger partial charge in [-0.2, -0.15) is 0 Å². The van der Waals surface area contributed by atoms with Crippen molar-refractivity contribution in [2.45, 2.75) is 19.4 Å². The van der Waals surface area contributed by atoms with Gasteiger partial charge in [-0.3, -0.25) is 4.79 Å². The van der Waals surface area contributed by atoms with Crippen LogP contribution in [-0.2, 0) is 0 Å². The van der Waals surface area contributed by atoms with Gasteiger partial charge in [0.1, 0.15) is 5.82 Å². The molecule has 0 aliphatic heterocycles. The Bertz CT molecular complexity index is 621. The van der Waals surface area contributed by atoms with Crippen LogP contribution in [-0.4, -0.2) is 22.4 Å². The molecule has 0 bridgehead atoms. The topological polar surface area (TPSA) is 83.8 Å². The molecule has 0 aliphatic rings. The summed E-state index contributed by atoms with van der Waals surface area (Å²) in [6, 6.07) is 3.49. The Morgan fingerprint density at radius 1 is 1.60 bits per heavy atom. The van der Waals surface area contributed by atoms with Gasteiger partial charge in [0.25, 0.3) is 5.91 Å². The van der Waals surface area contributed by atoms with Crippen molar-refractivity contribution in [1.29, 1.82) is 0 Å². The summed E-state index contributed by atoms with van der Waals surface area (Å²) in [6.07, 6.45) is 4.19. The second-order valence-electron chi connectivity index (χ2n) is 4.08. The lowest BCUT2D eigenvalue weighted by molar-refractivity contribution is 0.0938. The second-order valence-corrected chi connectivity index (χ2v) is 5.16. The molecule has 1 amide bonds. The lowest BCUT2D eigenvalue weighted by atomic mass is 10.2. The first-order valence-electron chi connectivity index (χ1n) is 6.33. The summed E-state index contributed by atoms with van der Waals surface area (Å²) in [5.41, 5.74) is 5.32. The molecule has 2 heterocycles. The number of hydrogen-bond donors (Lipinski definition) is 3. The van der Waals surface area contributed by atoms with Crippen LogP contribution in [0.3, 0.4) is 0 Å². The predicted octanol–water partition coefficient (Wildman–Crippen LogP) is 1.66. The highest BCUT2D eigenvalue weighted by Crippen LogP contribution is 2.18. The SMILES string of the molecule is CCC(NC(=O)c1ccc(C#CCN)s1)c1ncc[nH]1. The van der Waals surface area contributed by atoms with E-state index in [-0.39, 0.29) is 11.9 Å². The van der Waals surface area contributed by atoms with E-state index in [0.29, 0.717) is 11.4 Å². The third-order valence-electron chi connectivity index (χ3n) is 2.71. The van der Waals surface area contributed by atoms with Crippen LogP contribution >= 0.6 is 11.3 Å². The van der Waals surface area contributed by atoms with E-state index < -0.39 is 0 Å². The average Bonchev–Trinajstić information content (AvgIpc) is 3.13. The summed E-state index contributed by atoms with van der Waals surface area (Å²) in [4.78, 5) is 20.9. The van der Waals surface area contributed by atoms with E-state index in [2.05, 4.69) is 27.1 Å². The average molecular weight is 288 g/mol. The van der Waals surface area contributed by atoms with Gasteiger partial charge in [0.05, 0.1) is 22.3 Å². The van der Waals surface area contributed by atoms with E-state index in [1.165, 1.54) is 11.3 Å². The number of H-pyrrole nitrogens is 1. The predicted molar refractivity (Wildman–Crippen MR) is 79.3 cm³/mol. The molecule has 0 radical (unpaired) electrons. The van der Waals surface area contributed by atoms with Crippen molar-refractivity contribution in [3.05, 3.63) is 40.1 Å². The molecule has 2 rings (SSSR count). The standard InChI is InChI=1S/C14H16N4OS/c1-2-11(13-16-8-9-17-13)18-14(19)12-6-5-10(20-12)4-3-7-15/h5-6,8-9,11H,2,7,15H2,1H3,(H,16,17)(H,18,19). The van der Waals surface area contributed by atoms with Gasteiger partial charge in [0, 0.05) is 12.4 Å². The van der Waals surface area contributed by atoms with Crippen LogP contribution in [0, 0.1) is 11.8 Å². The Labute approximate surface area is 121 Å². The van der Waals surface area contributed by atoms with Gasteiger partial charge >= 0.3 is 0 Å². The molecule has 0 aromatic carbocycles. The summed E-state index contributed by atoms with van der Waals surface area (Å²) >= 11 is 1.36. The third-order valence-corrected chi connectivity index (χ3v) is 3.71. The zero-order chi connectivity index (χ0) is 14.4. The molecule has 0 saturated heterocycles. The summed E-state index contributed by atoms with van der Waals surface area (Å²) in [6.45, 7) is 2.32. The number of nitrogens with zero attached hydrogens (tertiary/aromatic N) is 1. The van der Waals surface area contributed by atoms with Gasteiger partial charge < -0.3 is 16.0 Å². The number of thiophene rings is 1. The molecule has 0 fully saturated rings. The van der Waals surface area contributed by atoms with Gasteiger partial charge in [0.15, 0.2) is 0 Å². The van der Waals surface area contributed by atoms with Crippen molar-refractivity contribution in [2.75, 3.05) is 6.54 Å². The Morgan fingerprint density at radius 2 is 2.45 bits per heavy atom. The van der Waals surface area contributed by atoms with E-state index in [0.717, 1.165) is 17.1 Å². The molecule has 4 N–H and O–H groups in total. The monoisotopic (exact) mass is 288 g/mol. The smallest absolute Gasteiger partial charge is 0.261 e. The minimum atomic E-state index is -0.113. The number of carbonyl (C=O) groups excluding carboxylic acids is 1. The molecule has 2 aromatic rings. The van der Waals surface area contributed by atoms with Crippen LogP contribution in [0.4, 0.5) is 0 Å². The fraction of sp³-hybridized carbons (Fsp3) is 0.286. The van der Waals surface area contributed by atoms with Gasteiger partial charge in [-0.05, 0) is 18.6 Å². The van der Waals surface area contributed by atoms with Gasteiger partial charge in [-0.15, -0.1) is 11.3 Å². The minimum Gasteiger partial charge on any atom is -0.347 e. The number of carbonyl (C=O) groups is 1. The highest BCUT2D eigenvalue weighted by Gasteiger charge is 2.16. The van der Waals surface area contributed by atoms with Gasteiger partial charge in [0.2, 0.25) is 0 Å². The van der Waals surface area contributed by atoms with E-state index in [9.17, 15) is 4.79 Å². The number of hydrogen-bond acceptors (Lipinski definition) is 4. The van der Waals surface area contributed by atoms with Crippen molar-refractivity contribution < 1.29 is 4.79 Å². The highest BCUT2D eigenvalue weighted by atomic mass is 32.1. The van der Waals surface area contributed by atoms with Crippen molar-refractivity contribution >= 4 is 17.2 Å².